The van der Waals surface area contributed by atoms with E-state index in [4.69, 9.17) is 0 Å². The maximum Gasteiger partial charge on any atom is 0.299 e. The SMILES string of the molecule is CC(=O)CCN1C(=O)C(=O)c2c(F)cc(F)cc21. The molecule has 0 aromatic heterocycles. The van der Waals surface area contributed by atoms with Gasteiger partial charge in [0.15, 0.2) is 0 Å². The zero-order chi connectivity index (χ0) is 13.4. The highest BCUT2D eigenvalue weighted by Gasteiger charge is 2.38. The van der Waals surface area contributed by atoms with E-state index in [1.807, 2.05) is 0 Å². The normalized spacial score (nSPS) is 14.1. The number of carbonyl (C=O) groups is 3. The summed E-state index contributed by atoms with van der Waals surface area (Å²) in [6.45, 7) is 1.27. The quantitative estimate of drug-likeness (QED) is 0.766. The van der Waals surface area contributed by atoms with Crippen molar-refractivity contribution in [3.63, 3.8) is 0 Å². The van der Waals surface area contributed by atoms with Crippen molar-refractivity contribution < 1.29 is 23.2 Å². The number of halogens is 2. The van der Waals surface area contributed by atoms with Crippen LogP contribution in [0.25, 0.3) is 0 Å². The second kappa shape index (κ2) is 4.29. The molecule has 0 fully saturated rings. The van der Waals surface area contributed by atoms with Gasteiger partial charge >= 0.3 is 0 Å². The Labute approximate surface area is 101 Å². The van der Waals surface area contributed by atoms with Crippen LogP contribution in [0.2, 0.25) is 0 Å². The zero-order valence-corrected chi connectivity index (χ0v) is 9.50. The van der Waals surface area contributed by atoms with Crippen molar-refractivity contribution >= 4 is 23.2 Å². The van der Waals surface area contributed by atoms with Gasteiger partial charge in [0, 0.05) is 19.0 Å². The summed E-state index contributed by atoms with van der Waals surface area (Å²) in [7, 11) is 0. The van der Waals surface area contributed by atoms with Gasteiger partial charge in [-0.05, 0) is 13.0 Å². The Hall–Kier alpha value is -2.11. The number of hydrogen-bond donors (Lipinski definition) is 0. The molecule has 1 aromatic rings. The number of Topliss-reactive ketones (excluding diaryl/α,β-unsaturated/α-hetero) is 2. The van der Waals surface area contributed by atoms with Crippen molar-refractivity contribution in [2.24, 2.45) is 0 Å². The Morgan fingerprint density at radius 2 is 1.94 bits per heavy atom. The van der Waals surface area contributed by atoms with Crippen LogP contribution in [0.1, 0.15) is 23.7 Å². The lowest BCUT2D eigenvalue weighted by molar-refractivity contribution is -0.117. The van der Waals surface area contributed by atoms with Crippen LogP contribution >= 0.6 is 0 Å². The molecule has 0 saturated heterocycles. The van der Waals surface area contributed by atoms with Crippen molar-refractivity contribution in [2.75, 3.05) is 11.4 Å². The smallest absolute Gasteiger partial charge is 0.299 e. The molecule has 4 nitrogen and oxygen atoms in total. The summed E-state index contributed by atoms with van der Waals surface area (Å²) in [6, 6.07) is 1.47. The monoisotopic (exact) mass is 253 g/mol. The van der Waals surface area contributed by atoms with Gasteiger partial charge in [-0.2, -0.15) is 0 Å². The van der Waals surface area contributed by atoms with E-state index < -0.39 is 28.9 Å². The van der Waals surface area contributed by atoms with Crippen LogP contribution in [0, 0.1) is 11.6 Å². The van der Waals surface area contributed by atoms with E-state index in [-0.39, 0.29) is 24.4 Å². The molecular weight excluding hydrogens is 244 g/mol. The Morgan fingerprint density at radius 3 is 2.56 bits per heavy atom. The van der Waals surface area contributed by atoms with Crippen molar-refractivity contribution in [1.82, 2.24) is 0 Å². The lowest BCUT2D eigenvalue weighted by Gasteiger charge is -2.15. The van der Waals surface area contributed by atoms with E-state index in [9.17, 15) is 23.2 Å². The zero-order valence-electron chi connectivity index (χ0n) is 9.50. The van der Waals surface area contributed by atoms with Crippen LogP contribution in [0.4, 0.5) is 14.5 Å². The molecule has 0 aliphatic carbocycles. The number of nitrogens with zero attached hydrogens (tertiary/aromatic N) is 1. The molecule has 0 N–H and O–H groups in total. The van der Waals surface area contributed by atoms with Gasteiger partial charge in [-0.25, -0.2) is 8.78 Å². The first-order valence-electron chi connectivity index (χ1n) is 5.26. The first kappa shape index (κ1) is 12.3. The predicted octanol–water partition coefficient (Wildman–Crippen LogP) is 1.47. The highest BCUT2D eigenvalue weighted by Crippen LogP contribution is 2.31. The number of carbonyl (C=O) groups excluding carboxylic acids is 3. The van der Waals surface area contributed by atoms with E-state index in [1.54, 1.807) is 0 Å². The summed E-state index contributed by atoms with van der Waals surface area (Å²) in [5.41, 5.74) is -0.534. The topological polar surface area (TPSA) is 54.5 Å². The average molecular weight is 253 g/mol. The van der Waals surface area contributed by atoms with Crippen LogP contribution in [-0.4, -0.2) is 24.0 Å². The van der Waals surface area contributed by atoms with E-state index in [2.05, 4.69) is 0 Å². The van der Waals surface area contributed by atoms with Gasteiger partial charge in [-0.3, -0.25) is 14.4 Å². The molecule has 2 rings (SSSR count). The maximum atomic E-state index is 13.4. The third-order valence-corrected chi connectivity index (χ3v) is 2.68. The molecular formula is C12H9F2NO3. The van der Waals surface area contributed by atoms with Gasteiger partial charge < -0.3 is 4.90 Å². The second-order valence-corrected chi connectivity index (χ2v) is 4.02. The summed E-state index contributed by atoms with van der Waals surface area (Å²) >= 11 is 0. The molecule has 0 bridgehead atoms. The van der Waals surface area contributed by atoms with Gasteiger partial charge in [0.05, 0.1) is 11.3 Å². The van der Waals surface area contributed by atoms with Crippen LogP contribution in [0.3, 0.4) is 0 Å². The minimum atomic E-state index is -1.06. The Kier molecular flexibility index (Phi) is 2.94. The van der Waals surface area contributed by atoms with Gasteiger partial charge in [0.25, 0.3) is 11.7 Å². The van der Waals surface area contributed by atoms with Crippen molar-refractivity contribution in [3.05, 3.63) is 29.3 Å². The highest BCUT2D eigenvalue weighted by atomic mass is 19.1. The van der Waals surface area contributed by atoms with Gasteiger partial charge in [0.2, 0.25) is 0 Å². The lowest BCUT2D eigenvalue weighted by atomic mass is 10.1. The fourth-order valence-corrected chi connectivity index (χ4v) is 1.83. The maximum absolute atomic E-state index is 13.4. The molecule has 0 atom stereocenters. The fraction of sp³-hybridized carbons (Fsp3) is 0.250. The first-order valence-corrected chi connectivity index (χ1v) is 5.26. The molecule has 94 valence electrons. The number of ketones is 2. The van der Waals surface area contributed by atoms with E-state index in [1.165, 1.54) is 6.92 Å². The molecule has 0 spiro atoms. The van der Waals surface area contributed by atoms with Crippen molar-refractivity contribution in [2.45, 2.75) is 13.3 Å². The molecule has 6 heteroatoms. The van der Waals surface area contributed by atoms with Crippen LogP contribution in [0.5, 0.6) is 0 Å². The van der Waals surface area contributed by atoms with Gasteiger partial charge in [-0.15, -0.1) is 0 Å². The molecule has 0 radical (unpaired) electrons. The van der Waals surface area contributed by atoms with Crippen molar-refractivity contribution in [1.29, 1.82) is 0 Å². The molecule has 0 saturated carbocycles. The number of rotatable bonds is 3. The Balaban J connectivity index is 2.44. The summed E-state index contributed by atoms with van der Waals surface area (Å²) in [5.74, 6) is -4.06. The number of fused-ring (bicyclic) bond motifs is 1. The lowest BCUT2D eigenvalue weighted by Crippen LogP contribution is -2.31. The number of amides is 1. The Morgan fingerprint density at radius 1 is 1.28 bits per heavy atom. The minimum Gasteiger partial charge on any atom is -0.304 e. The number of benzene rings is 1. The van der Waals surface area contributed by atoms with E-state index in [0.29, 0.717) is 6.07 Å². The van der Waals surface area contributed by atoms with Crippen LogP contribution < -0.4 is 4.90 Å². The fourth-order valence-electron chi connectivity index (χ4n) is 1.83. The standard InChI is InChI=1S/C12H9F2NO3/c1-6(16)2-3-15-9-5-7(13)4-8(14)10(9)11(17)12(15)18/h4-5H,2-3H2,1H3. The van der Waals surface area contributed by atoms with E-state index >= 15 is 0 Å². The Bertz CT molecular complexity index is 569. The highest BCUT2D eigenvalue weighted by molar-refractivity contribution is 6.52. The van der Waals surface area contributed by atoms with Crippen LogP contribution in [-0.2, 0) is 9.59 Å². The molecule has 1 aliphatic heterocycles. The number of hydrogen-bond acceptors (Lipinski definition) is 3. The molecule has 0 unspecified atom stereocenters. The van der Waals surface area contributed by atoms with Crippen LogP contribution in [0.15, 0.2) is 12.1 Å². The molecule has 1 aromatic carbocycles. The summed E-state index contributed by atoms with van der Waals surface area (Å²) in [4.78, 5) is 35.0. The molecule has 1 aliphatic rings. The predicted molar refractivity (Wildman–Crippen MR) is 58.3 cm³/mol. The summed E-state index contributed by atoms with van der Waals surface area (Å²) in [5, 5.41) is 0. The molecule has 1 amide bonds. The first-order chi connectivity index (χ1) is 8.41. The van der Waals surface area contributed by atoms with E-state index in [0.717, 1.165) is 11.0 Å². The largest absolute Gasteiger partial charge is 0.304 e. The van der Waals surface area contributed by atoms with Gasteiger partial charge in [-0.1, -0.05) is 0 Å². The second-order valence-electron chi connectivity index (χ2n) is 4.02. The molecule has 18 heavy (non-hydrogen) atoms. The van der Waals surface area contributed by atoms with Gasteiger partial charge in [0.1, 0.15) is 17.4 Å². The third kappa shape index (κ3) is 1.90. The third-order valence-electron chi connectivity index (χ3n) is 2.68. The van der Waals surface area contributed by atoms with Crippen molar-refractivity contribution in [3.8, 4) is 0 Å². The summed E-state index contributed by atoms with van der Waals surface area (Å²) in [6.07, 6.45) is 0.0244. The average Bonchev–Trinajstić information content (AvgIpc) is 2.49. The minimum absolute atomic E-state index is 0.0244. The molecule has 1 heterocycles. The number of anilines is 1. The summed E-state index contributed by atoms with van der Waals surface area (Å²) < 4.78 is 26.5.